The minimum Gasteiger partial charge on any atom is -0.247 e. The Hall–Kier alpha value is -1.88. The normalized spacial score (nSPS) is 30.1. The van der Waals surface area contributed by atoms with E-state index in [9.17, 15) is 4.39 Å². The molecular formula is C15H19FN6S. The van der Waals surface area contributed by atoms with Crippen LogP contribution < -0.4 is 0 Å². The molecular weight excluding hydrogens is 315 g/mol. The molecule has 0 amide bonds. The van der Waals surface area contributed by atoms with E-state index in [1.807, 2.05) is 31.2 Å². The summed E-state index contributed by atoms with van der Waals surface area (Å²) in [6, 6.07) is 7.27. The molecule has 0 saturated heterocycles. The van der Waals surface area contributed by atoms with Crippen molar-refractivity contribution in [2.45, 2.75) is 42.6 Å². The summed E-state index contributed by atoms with van der Waals surface area (Å²) in [5, 5.41) is 7.14. The van der Waals surface area contributed by atoms with E-state index in [0.717, 1.165) is 10.5 Å². The van der Waals surface area contributed by atoms with E-state index in [1.54, 1.807) is 6.92 Å². The summed E-state index contributed by atoms with van der Waals surface area (Å²) in [6.45, 7) is 4.06. The molecule has 0 heterocycles. The third kappa shape index (κ3) is 4.32. The van der Waals surface area contributed by atoms with Crippen molar-refractivity contribution in [2.24, 2.45) is 22.1 Å². The van der Waals surface area contributed by atoms with Crippen LogP contribution in [-0.4, -0.2) is 24.0 Å². The maximum absolute atomic E-state index is 14.7. The molecule has 0 aromatic heterocycles. The van der Waals surface area contributed by atoms with Gasteiger partial charge in [-0.1, -0.05) is 34.8 Å². The summed E-state index contributed by atoms with van der Waals surface area (Å²) >= 11 is 1.52. The lowest BCUT2D eigenvalue weighted by Gasteiger charge is -2.40. The molecule has 23 heavy (non-hydrogen) atoms. The Morgan fingerprint density at radius 2 is 1.96 bits per heavy atom. The van der Waals surface area contributed by atoms with E-state index >= 15 is 0 Å². The predicted molar refractivity (Wildman–Crippen MR) is 89.9 cm³/mol. The van der Waals surface area contributed by atoms with Crippen molar-refractivity contribution >= 4 is 11.8 Å². The number of benzene rings is 1. The first-order valence-electron chi connectivity index (χ1n) is 7.49. The third-order valence-corrected chi connectivity index (χ3v) is 5.68. The highest BCUT2D eigenvalue weighted by Gasteiger charge is 2.42. The number of rotatable bonds is 5. The first kappa shape index (κ1) is 17.5. The molecule has 6 nitrogen and oxygen atoms in total. The van der Waals surface area contributed by atoms with Crippen LogP contribution in [0.15, 0.2) is 39.4 Å². The van der Waals surface area contributed by atoms with Gasteiger partial charge in [0.25, 0.3) is 0 Å². The maximum Gasteiger partial charge on any atom is 0.112 e. The second-order valence-corrected chi connectivity index (χ2v) is 7.19. The zero-order chi connectivity index (χ0) is 16.8. The highest BCUT2D eigenvalue weighted by atomic mass is 32.2. The van der Waals surface area contributed by atoms with Gasteiger partial charge in [0.15, 0.2) is 0 Å². The summed E-state index contributed by atoms with van der Waals surface area (Å²) in [4.78, 5) is 6.62. The Kier molecular flexibility index (Phi) is 6.16. The Morgan fingerprint density at radius 1 is 1.26 bits per heavy atom. The van der Waals surface area contributed by atoms with Crippen LogP contribution in [0.2, 0.25) is 0 Å². The number of aryl methyl sites for hydroxylation is 1. The van der Waals surface area contributed by atoms with Crippen LogP contribution in [0, 0.1) is 18.8 Å². The lowest BCUT2D eigenvalue weighted by molar-refractivity contribution is 0.108. The number of nitrogens with zero attached hydrogens (tertiary/aromatic N) is 6. The van der Waals surface area contributed by atoms with E-state index in [-0.39, 0.29) is 23.6 Å². The Balaban J connectivity index is 2.22. The standard InChI is InChI=1S/C15H19FN6S/c1-9-3-5-12(6-4-9)23-13-7-11(8-19-21-17)10(2)14(16)15(13)20-22-18/h3-6,10-11,13-15H,7-8H2,1-2H3/t10-,11-,13+,14+,15+/m1/s1. The molecule has 1 saturated carbocycles. The van der Waals surface area contributed by atoms with Gasteiger partial charge in [-0.3, -0.25) is 0 Å². The van der Waals surface area contributed by atoms with Crippen LogP contribution in [0.4, 0.5) is 4.39 Å². The van der Waals surface area contributed by atoms with Crippen LogP contribution in [0.1, 0.15) is 18.9 Å². The quantitative estimate of drug-likeness (QED) is 0.400. The Morgan fingerprint density at radius 3 is 2.57 bits per heavy atom. The highest BCUT2D eigenvalue weighted by molar-refractivity contribution is 8.00. The molecule has 0 N–H and O–H groups in total. The fourth-order valence-corrected chi connectivity index (χ4v) is 4.25. The van der Waals surface area contributed by atoms with Gasteiger partial charge in [0, 0.05) is 26.5 Å². The van der Waals surface area contributed by atoms with Crippen molar-refractivity contribution < 1.29 is 4.39 Å². The highest BCUT2D eigenvalue weighted by Crippen LogP contribution is 2.42. The predicted octanol–water partition coefficient (Wildman–Crippen LogP) is 5.44. The van der Waals surface area contributed by atoms with Gasteiger partial charge in [0.1, 0.15) is 6.17 Å². The second kappa shape index (κ2) is 8.11. The summed E-state index contributed by atoms with van der Waals surface area (Å²) < 4.78 is 14.7. The first-order chi connectivity index (χ1) is 11.1. The largest absolute Gasteiger partial charge is 0.247 e. The van der Waals surface area contributed by atoms with Crippen molar-refractivity contribution in [1.82, 2.24) is 0 Å². The number of azide groups is 2. The molecule has 0 radical (unpaired) electrons. The Bertz CT molecular complexity index is 621. The average Bonchev–Trinajstić information content (AvgIpc) is 2.55. The monoisotopic (exact) mass is 334 g/mol. The number of halogens is 1. The summed E-state index contributed by atoms with van der Waals surface area (Å²) in [6.07, 6.45) is -0.579. The summed E-state index contributed by atoms with van der Waals surface area (Å²) in [5.41, 5.74) is 18.4. The molecule has 1 aliphatic rings. The van der Waals surface area contributed by atoms with Crippen molar-refractivity contribution in [1.29, 1.82) is 0 Å². The lowest BCUT2D eigenvalue weighted by atomic mass is 9.76. The molecule has 2 rings (SSSR count). The van der Waals surface area contributed by atoms with Gasteiger partial charge in [-0.2, -0.15) is 0 Å². The maximum atomic E-state index is 14.7. The summed E-state index contributed by atoms with van der Waals surface area (Å²) in [7, 11) is 0. The molecule has 0 aliphatic heterocycles. The fourth-order valence-electron chi connectivity index (χ4n) is 2.92. The molecule has 1 aliphatic carbocycles. The molecule has 5 atom stereocenters. The minimum atomic E-state index is -1.23. The zero-order valence-electron chi connectivity index (χ0n) is 13.1. The molecule has 1 aromatic carbocycles. The zero-order valence-corrected chi connectivity index (χ0v) is 13.9. The molecule has 8 heteroatoms. The van der Waals surface area contributed by atoms with Crippen molar-refractivity contribution in [3.63, 3.8) is 0 Å². The van der Waals surface area contributed by atoms with Crippen LogP contribution in [0.5, 0.6) is 0 Å². The molecule has 0 bridgehead atoms. The van der Waals surface area contributed by atoms with Gasteiger partial charge < -0.3 is 0 Å². The van der Waals surface area contributed by atoms with Gasteiger partial charge in [0.2, 0.25) is 0 Å². The smallest absolute Gasteiger partial charge is 0.112 e. The first-order valence-corrected chi connectivity index (χ1v) is 8.37. The average molecular weight is 334 g/mol. The number of alkyl halides is 1. The van der Waals surface area contributed by atoms with E-state index < -0.39 is 12.2 Å². The fraction of sp³-hybridized carbons (Fsp3) is 0.600. The molecule has 122 valence electrons. The number of thioether (sulfide) groups is 1. The van der Waals surface area contributed by atoms with Gasteiger partial charge in [0.05, 0.1) is 6.04 Å². The van der Waals surface area contributed by atoms with Gasteiger partial charge in [-0.05, 0) is 48.4 Å². The van der Waals surface area contributed by atoms with E-state index in [1.165, 1.54) is 11.8 Å². The van der Waals surface area contributed by atoms with Crippen LogP contribution in [0.25, 0.3) is 20.9 Å². The van der Waals surface area contributed by atoms with Gasteiger partial charge >= 0.3 is 0 Å². The Labute approximate surface area is 138 Å². The van der Waals surface area contributed by atoms with Crippen molar-refractivity contribution in [3.05, 3.63) is 50.7 Å². The van der Waals surface area contributed by atoms with E-state index in [2.05, 4.69) is 20.1 Å². The molecule has 0 unspecified atom stereocenters. The van der Waals surface area contributed by atoms with Crippen molar-refractivity contribution in [3.8, 4) is 0 Å². The van der Waals surface area contributed by atoms with E-state index in [0.29, 0.717) is 6.42 Å². The third-order valence-electron chi connectivity index (χ3n) is 4.36. The number of hydrogen-bond acceptors (Lipinski definition) is 3. The molecule has 0 spiro atoms. The number of hydrogen-bond donors (Lipinski definition) is 0. The van der Waals surface area contributed by atoms with Crippen molar-refractivity contribution in [2.75, 3.05) is 6.54 Å². The minimum absolute atomic E-state index is 0.0472. The van der Waals surface area contributed by atoms with Gasteiger partial charge in [-0.15, -0.1) is 11.8 Å². The summed E-state index contributed by atoms with van der Waals surface area (Å²) in [5.74, 6) is -0.347. The topological polar surface area (TPSA) is 97.5 Å². The van der Waals surface area contributed by atoms with E-state index in [4.69, 9.17) is 11.1 Å². The molecule has 1 aromatic rings. The van der Waals surface area contributed by atoms with Crippen LogP contribution >= 0.6 is 11.8 Å². The van der Waals surface area contributed by atoms with Gasteiger partial charge in [-0.25, -0.2) is 4.39 Å². The second-order valence-electron chi connectivity index (χ2n) is 5.88. The van der Waals surface area contributed by atoms with Crippen LogP contribution in [-0.2, 0) is 0 Å². The lowest BCUT2D eigenvalue weighted by Crippen LogP contribution is -2.45. The van der Waals surface area contributed by atoms with Crippen LogP contribution in [0.3, 0.4) is 0 Å². The SMILES string of the molecule is Cc1ccc(S[C@H]2C[C@H](CN=[N+]=[N-])[C@@H](C)[C@H](F)[C@H]2N=[N+]=[N-])cc1. The molecule has 1 fully saturated rings.